The van der Waals surface area contributed by atoms with Gasteiger partial charge in [0.2, 0.25) is 5.78 Å². The number of hydrogen-bond donors (Lipinski definition) is 2. The average molecular weight is 371 g/mol. The zero-order valence-electron chi connectivity index (χ0n) is 15.6. The van der Waals surface area contributed by atoms with E-state index in [1.807, 2.05) is 0 Å². The summed E-state index contributed by atoms with van der Waals surface area (Å²) >= 11 is 0. The number of esters is 1. The van der Waals surface area contributed by atoms with E-state index in [0.717, 1.165) is 0 Å². The maximum atomic E-state index is 12.3. The fourth-order valence-corrected chi connectivity index (χ4v) is 2.78. The first kappa shape index (κ1) is 20.0. The van der Waals surface area contributed by atoms with E-state index in [0.29, 0.717) is 22.4 Å². The number of carbonyl (C=O) groups excluding carboxylic acids is 3. The first-order chi connectivity index (χ1) is 12.7. The summed E-state index contributed by atoms with van der Waals surface area (Å²) in [4.78, 5) is 38.6. The van der Waals surface area contributed by atoms with Crippen LogP contribution in [0.1, 0.15) is 44.6 Å². The summed E-state index contributed by atoms with van der Waals surface area (Å²) in [6.07, 6.45) is 2.65. The third kappa shape index (κ3) is 4.63. The lowest BCUT2D eigenvalue weighted by atomic mass is 10.1. The zero-order chi connectivity index (χ0) is 20.1. The number of carbonyl (C=O) groups is 3. The molecule has 0 bridgehead atoms. The van der Waals surface area contributed by atoms with Crippen LogP contribution in [0.15, 0.2) is 24.3 Å². The third-order valence-corrected chi connectivity index (χ3v) is 4.03. The van der Waals surface area contributed by atoms with Crippen LogP contribution in [0.5, 0.6) is 11.5 Å². The number of methoxy groups -OCH3 is 1. The van der Waals surface area contributed by atoms with Crippen molar-refractivity contribution in [3.63, 3.8) is 0 Å². The minimum atomic E-state index is -0.692. The highest BCUT2D eigenvalue weighted by molar-refractivity contribution is 6.04. The molecule has 27 heavy (non-hydrogen) atoms. The van der Waals surface area contributed by atoms with Crippen LogP contribution in [-0.2, 0) is 9.53 Å². The second-order valence-corrected chi connectivity index (χ2v) is 5.98. The molecule has 1 aromatic carbocycles. The minimum absolute atomic E-state index is 0.00985. The van der Waals surface area contributed by atoms with Crippen LogP contribution in [0.4, 0.5) is 0 Å². The predicted octanol–water partition coefficient (Wildman–Crippen LogP) is 2.99. The van der Waals surface area contributed by atoms with Gasteiger partial charge in [-0.05, 0) is 50.1 Å². The van der Waals surface area contributed by atoms with Gasteiger partial charge in [0, 0.05) is 17.3 Å². The quantitative estimate of drug-likeness (QED) is 0.440. The van der Waals surface area contributed by atoms with Crippen LogP contribution in [0, 0.1) is 13.8 Å². The Hall–Kier alpha value is -3.35. The minimum Gasteiger partial charge on any atom is -0.504 e. The van der Waals surface area contributed by atoms with E-state index < -0.39 is 18.4 Å². The van der Waals surface area contributed by atoms with Gasteiger partial charge in [0.25, 0.3) is 0 Å². The number of phenols is 1. The Bertz CT molecular complexity index is 923. The Morgan fingerprint density at radius 1 is 1.22 bits per heavy atom. The van der Waals surface area contributed by atoms with Crippen molar-refractivity contribution in [2.24, 2.45) is 0 Å². The molecule has 0 atom stereocenters. The highest BCUT2D eigenvalue weighted by Gasteiger charge is 2.20. The van der Waals surface area contributed by atoms with E-state index in [2.05, 4.69) is 4.98 Å². The van der Waals surface area contributed by atoms with E-state index in [1.54, 1.807) is 26.0 Å². The standard InChI is InChI=1S/C20H21NO6/c1-11-19(13(3)22)12(2)21-20(11)16(24)10-27-18(25)8-6-14-5-7-15(23)17(9-14)26-4/h5-9,21,23H,10H2,1-4H3. The Labute approximate surface area is 156 Å². The Balaban J connectivity index is 2.00. The van der Waals surface area contributed by atoms with Crippen molar-refractivity contribution in [2.75, 3.05) is 13.7 Å². The SMILES string of the molecule is COc1cc(C=CC(=O)OCC(=O)c2[nH]c(C)c(C(C)=O)c2C)ccc1O. The number of Topliss-reactive ketones (excluding diaryl/α,β-unsaturated/α-hetero) is 2. The second-order valence-electron chi connectivity index (χ2n) is 5.98. The lowest BCUT2D eigenvalue weighted by Gasteiger charge is -2.04. The largest absolute Gasteiger partial charge is 0.504 e. The maximum absolute atomic E-state index is 12.3. The van der Waals surface area contributed by atoms with E-state index in [9.17, 15) is 19.5 Å². The molecule has 1 heterocycles. The molecule has 0 aliphatic carbocycles. The van der Waals surface area contributed by atoms with Crippen molar-refractivity contribution in [3.05, 3.63) is 52.4 Å². The molecule has 0 fully saturated rings. The number of aromatic amines is 1. The highest BCUT2D eigenvalue weighted by atomic mass is 16.5. The van der Waals surface area contributed by atoms with E-state index in [-0.39, 0.29) is 23.0 Å². The van der Waals surface area contributed by atoms with Crippen LogP contribution in [0.2, 0.25) is 0 Å². The van der Waals surface area contributed by atoms with Crippen LogP contribution in [0.25, 0.3) is 6.08 Å². The van der Waals surface area contributed by atoms with Gasteiger partial charge in [-0.25, -0.2) is 4.79 Å². The second kappa shape index (κ2) is 8.35. The summed E-state index contributed by atoms with van der Waals surface area (Å²) < 4.78 is 9.95. The summed E-state index contributed by atoms with van der Waals surface area (Å²) in [5, 5.41) is 9.54. The van der Waals surface area contributed by atoms with Gasteiger partial charge < -0.3 is 19.6 Å². The van der Waals surface area contributed by atoms with Gasteiger partial charge in [0.15, 0.2) is 23.9 Å². The molecular weight excluding hydrogens is 350 g/mol. The topological polar surface area (TPSA) is 106 Å². The molecule has 142 valence electrons. The summed E-state index contributed by atoms with van der Waals surface area (Å²) in [7, 11) is 1.42. The van der Waals surface area contributed by atoms with Crippen LogP contribution in [0.3, 0.4) is 0 Å². The number of benzene rings is 1. The van der Waals surface area contributed by atoms with Crippen LogP contribution < -0.4 is 4.74 Å². The fourth-order valence-electron chi connectivity index (χ4n) is 2.78. The molecule has 0 aliphatic rings. The Morgan fingerprint density at radius 2 is 1.93 bits per heavy atom. The molecule has 2 rings (SSSR count). The highest BCUT2D eigenvalue weighted by Crippen LogP contribution is 2.26. The van der Waals surface area contributed by atoms with Gasteiger partial charge in [-0.1, -0.05) is 6.07 Å². The molecule has 0 spiro atoms. The average Bonchev–Trinajstić information content (AvgIpc) is 2.93. The van der Waals surface area contributed by atoms with Crippen molar-refractivity contribution < 1.29 is 29.0 Å². The summed E-state index contributed by atoms with van der Waals surface area (Å²) in [6.45, 7) is 4.37. The number of aromatic hydroxyl groups is 1. The molecule has 0 saturated heterocycles. The molecular formula is C20H21NO6. The normalized spacial score (nSPS) is 10.8. The fraction of sp³-hybridized carbons (Fsp3) is 0.250. The summed E-state index contributed by atoms with van der Waals surface area (Å²) in [5.41, 5.74) is 2.52. The van der Waals surface area contributed by atoms with Gasteiger partial charge in [0.1, 0.15) is 0 Å². The van der Waals surface area contributed by atoms with Crippen molar-refractivity contribution in [2.45, 2.75) is 20.8 Å². The number of ketones is 2. The van der Waals surface area contributed by atoms with E-state index in [1.165, 1.54) is 32.3 Å². The van der Waals surface area contributed by atoms with Crippen LogP contribution in [-0.4, -0.2) is 41.3 Å². The van der Waals surface area contributed by atoms with Crippen molar-refractivity contribution in [3.8, 4) is 11.5 Å². The Kier molecular flexibility index (Phi) is 6.18. The van der Waals surface area contributed by atoms with Crippen molar-refractivity contribution in [1.82, 2.24) is 4.98 Å². The Morgan fingerprint density at radius 3 is 2.52 bits per heavy atom. The van der Waals surface area contributed by atoms with Gasteiger partial charge in [-0.2, -0.15) is 0 Å². The lowest BCUT2D eigenvalue weighted by molar-refractivity contribution is -0.136. The number of aryl methyl sites for hydroxylation is 1. The van der Waals surface area contributed by atoms with Gasteiger partial charge in [-0.15, -0.1) is 0 Å². The monoisotopic (exact) mass is 371 g/mol. The molecule has 0 radical (unpaired) electrons. The number of hydrogen-bond acceptors (Lipinski definition) is 6. The molecule has 7 heteroatoms. The molecule has 0 saturated carbocycles. The maximum Gasteiger partial charge on any atom is 0.331 e. The smallest absolute Gasteiger partial charge is 0.331 e. The predicted molar refractivity (Wildman–Crippen MR) is 99.3 cm³/mol. The number of aromatic nitrogens is 1. The molecule has 0 aliphatic heterocycles. The lowest BCUT2D eigenvalue weighted by Crippen LogP contribution is -2.14. The number of phenolic OH excluding ortho intramolecular Hbond substituents is 1. The van der Waals surface area contributed by atoms with Gasteiger partial charge in [-0.3, -0.25) is 9.59 Å². The van der Waals surface area contributed by atoms with E-state index >= 15 is 0 Å². The zero-order valence-corrected chi connectivity index (χ0v) is 15.6. The van der Waals surface area contributed by atoms with Crippen LogP contribution >= 0.6 is 0 Å². The van der Waals surface area contributed by atoms with Gasteiger partial charge in [0.05, 0.1) is 12.8 Å². The molecule has 0 amide bonds. The number of H-pyrrole nitrogens is 1. The molecule has 2 aromatic rings. The van der Waals surface area contributed by atoms with Crippen molar-refractivity contribution >= 4 is 23.6 Å². The molecule has 7 nitrogen and oxygen atoms in total. The number of ether oxygens (including phenoxy) is 2. The summed E-state index contributed by atoms with van der Waals surface area (Å²) in [5.74, 6) is -0.979. The first-order valence-corrected chi connectivity index (χ1v) is 8.19. The van der Waals surface area contributed by atoms with E-state index in [4.69, 9.17) is 9.47 Å². The van der Waals surface area contributed by atoms with Gasteiger partial charge >= 0.3 is 5.97 Å². The number of rotatable bonds is 7. The third-order valence-electron chi connectivity index (χ3n) is 4.03. The summed E-state index contributed by atoms with van der Waals surface area (Å²) in [6, 6.07) is 4.59. The molecule has 2 N–H and O–H groups in total. The first-order valence-electron chi connectivity index (χ1n) is 8.19. The molecule has 1 aromatic heterocycles. The number of nitrogens with one attached hydrogen (secondary N) is 1. The molecule has 0 unspecified atom stereocenters. The van der Waals surface area contributed by atoms with Crippen molar-refractivity contribution in [1.29, 1.82) is 0 Å².